The first-order valence-corrected chi connectivity index (χ1v) is 7.60. The summed E-state index contributed by atoms with van der Waals surface area (Å²) in [6.07, 6.45) is 7.43. The Bertz CT molecular complexity index is 1230. The van der Waals surface area contributed by atoms with Crippen LogP contribution in [0.2, 0.25) is 0 Å². The highest BCUT2D eigenvalue weighted by Crippen LogP contribution is 1.96. The second-order valence-electron chi connectivity index (χ2n) is 5.47. The Morgan fingerprint density at radius 2 is 0.583 bits per heavy atom. The maximum Gasteiger partial charge on any atom is 0.170 e. The maximum atomic E-state index is 5.79. The van der Waals surface area contributed by atoms with Gasteiger partial charge < -0.3 is 17.7 Å². The van der Waals surface area contributed by atoms with E-state index >= 15 is 0 Å². The van der Waals surface area contributed by atoms with Crippen LogP contribution in [-0.2, 0) is 0 Å². The summed E-state index contributed by atoms with van der Waals surface area (Å²) in [5.74, 6) is 0. The van der Waals surface area contributed by atoms with Gasteiger partial charge in [-0.1, -0.05) is 0 Å². The Hall–Kier alpha value is -3.40. The third-order valence-electron chi connectivity index (χ3n) is 3.82. The molecule has 0 fully saturated rings. The Balaban J connectivity index is 1.96. The van der Waals surface area contributed by atoms with Crippen molar-refractivity contribution in [2.75, 3.05) is 0 Å². The SMILES string of the molecule is C1=c2ccc(o2)=c2ccc(o2)=CC=c2ccc(o2)=c2ccc(o2)=C1. The van der Waals surface area contributed by atoms with Crippen molar-refractivity contribution >= 4 is 24.3 Å². The van der Waals surface area contributed by atoms with E-state index in [-0.39, 0.29) is 0 Å². The van der Waals surface area contributed by atoms with Crippen LogP contribution in [0.5, 0.6) is 0 Å². The van der Waals surface area contributed by atoms with Gasteiger partial charge in [-0.25, -0.2) is 0 Å². The molecule has 0 saturated heterocycles. The lowest BCUT2D eigenvalue weighted by molar-refractivity contribution is 0.446. The molecule has 8 bridgehead atoms. The normalized spacial score (nSPS) is 12.7. The molecule has 0 spiro atoms. The molecule has 0 amide bonds. The maximum absolute atomic E-state index is 5.79. The van der Waals surface area contributed by atoms with Crippen LogP contribution in [0.1, 0.15) is 0 Å². The number of hydrogen-bond donors (Lipinski definition) is 0. The third-order valence-corrected chi connectivity index (χ3v) is 3.82. The fourth-order valence-electron chi connectivity index (χ4n) is 2.63. The van der Waals surface area contributed by atoms with Crippen molar-refractivity contribution in [2.24, 2.45) is 0 Å². The zero-order valence-electron chi connectivity index (χ0n) is 12.6. The number of hydrogen-bond acceptors (Lipinski definition) is 4. The standard InChI is InChI=1S/C20H12O4/c1-2-14-6-10-19(22-14)20-12-8-16(24-20)4-3-15-7-11-18(23-15)17-9-5-13(1)21-17/h1-12H. The van der Waals surface area contributed by atoms with Crippen LogP contribution in [0.15, 0.2) is 66.2 Å². The monoisotopic (exact) mass is 316 g/mol. The van der Waals surface area contributed by atoms with Crippen LogP contribution >= 0.6 is 0 Å². The summed E-state index contributed by atoms with van der Waals surface area (Å²) in [6, 6.07) is 15.1. The molecule has 0 unspecified atom stereocenters. The summed E-state index contributed by atoms with van der Waals surface area (Å²) in [5.41, 5.74) is 5.63. The zero-order valence-corrected chi connectivity index (χ0v) is 12.6. The summed E-state index contributed by atoms with van der Waals surface area (Å²) in [4.78, 5) is 0. The average molecular weight is 316 g/mol. The molecule has 0 aliphatic carbocycles. The Labute approximate surface area is 134 Å². The van der Waals surface area contributed by atoms with Gasteiger partial charge in [-0.05, 0) is 72.8 Å². The Morgan fingerprint density at radius 3 is 0.833 bits per heavy atom. The molecule has 0 aromatic carbocycles. The van der Waals surface area contributed by atoms with Gasteiger partial charge in [0, 0.05) is 0 Å². The molecule has 24 heavy (non-hydrogen) atoms. The molecule has 0 N–H and O–H groups in total. The van der Waals surface area contributed by atoms with Crippen LogP contribution in [0, 0.1) is 21.7 Å². The van der Waals surface area contributed by atoms with E-state index in [1.165, 1.54) is 0 Å². The Morgan fingerprint density at radius 1 is 0.333 bits per heavy atom. The number of rotatable bonds is 0. The molecule has 0 saturated carbocycles. The van der Waals surface area contributed by atoms with Crippen LogP contribution in [0.3, 0.4) is 0 Å². The first kappa shape index (κ1) is 13.1. The zero-order chi connectivity index (χ0) is 15.9. The summed E-state index contributed by atoms with van der Waals surface area (Å²) in [6.45, 7) is 0. The van der Waals surface area contributed by atoms with Crippen molar-refractivity contribution in [1.82, 2.24) is 0 Å². The van der Waals surface area contributed by atoms with Crippen LogP contribution in [-0.4, -0.2) is 0 Å². The lowest BCUT2D eigenvalue weighted by Gasteiger charge is -1.79. The van der Waals surface area contributed by atoms with Gasteiger partial charge in [0.2, 0.25) is 0 Å². The van der Waals surface area contributed by atoms with Gasteiger partial charge >= 0.3 is 0 Å². The van der Waals surface area contributed by atoms with Crippen LogP contribution in [0.4, 0.5) is 0 Å². The fourth-order valence-corrected chi connectivity index (χ4v) is 2.63. The molecule has 1 aliphatic heterocycles. The molecule has 5 rings (SSSR count). The smallest absolute Gasteiger partial charge is 0.170 e. The minimum Gasteiger partial charge on any atom is -0.453 e. The fraction of sp³-hybridized carbons (Fsp3) is 0. The van der Waals surface area contributed by atoms with Gasteiger partial charge in [-0.3, -0.25) is 0 Å². The van der Waals surface area contributed by atoms with E-state index in [1.807, 2.05) is 72.8 Å². The first-order valence-electron chi connectivity index (χ1n) is 7.60. The van der Waals surface area contributed by atoms with Crippen molar-refractivity contribution in [3.05, 3.63) is 91.9 Å². The molecular formula is C20H12O4. The van der Waals surface area contributed by atoms with Crippen molar-refractivity contribution in [2.45, 2.75) is 0 Å². The van der Waals surface area contributed by atoms with Crippen molar-refractivity contribution < 1.29 is 17.7 Å². The molecule has 4 aromatic rings. The molecule has 4 heteroatoms. The summed E-state index contributed by atoms with van der Waals surface area (Å²) >= 11 is 0. The molecule has 1 aliphatic rings. The average Bonchev–Trinajstić information content (AvgIpc) is 3.37. The minimum absolute atomic E-state index is 0.682. The quantitative estimate of drug-likeness (QED) is 0.493. The van der Waals surface area contributed by atoms with Gasteiger partial charge in [0.05, 0.1) is 0 Å². The van der Waals surface area contributed by atoms with Gasteiger partial charge in [0.15, 0.2) is 21.7 Å². The predicted molar refractivity (Wildman–Crippen MR) is 86.5 cm³/mol. The summed E-state index contributed by atoms with van der Waals surface area (Å²) in [5, 5.41) is 0. The molecule has 4 nitrogen and oxygen atoms in total. The van der Waals surface area contributed by atoms with Gasteiger partial charge in [-0.15, -0.1) is 0 Å². The highest BCUT2D eigenvalue weighted by Gasteiger charge is 1.95. The summed E-state index contributed by atoms with van der Waals surface area (Å²) in [7, 11) is 0. The molecule has 0 radical (unpaired) electrons. The second-order valence-corrected chi connectivity index (χ2v) is 5.47. The second kappa shape index (κ2) is 5.06. The lowest BCUT2D eigenvalue weighted by Crippen LogP contribution is -1.96. The van der Waals surface area contributed by atoms with E-state index < -0.39 is 0 Å². The summed E-state index contributed by atoms with van der Waals surface area (Å²) < 4.78 is 23.2. The van der Waals surface area contributed by atoms with E-state index in [0.717, 1.165) is 21.7 Å². The van der Waals surface area contributed by atoms with Crippen molar-refractivity contribution in [3.63, 3.8) is 0 Å². The molecule has 116 valence electrons. The molecule has 0 atom stereocenters. The van der Waals surface area contributed by atoms with Crippen molar-refractivity contribution in [1.29, 1.82) is 0 Å². The predicted octanol–water partition coefficient (Wildman–Crippen LogP) is 1.47. The highest BCUT2D eigenvalue weighted by molar-refractivity contribution is 5.58. The van der Waals surface area contributed by atoms with Crippen LogP contribution < -0.4 is 21.7 Å². The van der Waals surface area contributed by atoms with E-state index in [0.29, 0.717) is 21.7 Å². The topological polar surface area (TPSA) is 52.6 Å². The van der Waals surface area contributed by atoms with Gasteiger partial charge in [-0.2, -0.15) is 0 Å². The molecule has 4 aromatic heterocycles. The molecule has 5 heterocycles. The Kier molecular flexibility index (Phi) is 2.76. The number of fused-ring (bicyclic) bond motifs is 8. The minimum atomic E-state index is 0.682. The number of furan rings is 4. The van der Waals surface area contributed by atoms with Gasteiger partial charge in [0.1, 0.15) is 21.7 Å². The first-order chi connectivity index (χ1) is 11.8. The lowest BCUT2D eigenvalue weighted by atomic mass is 10.4. The van der Waals surface area contributed by atoms with E-state index in [4.69, 9.17) is 17.7 Å². The molecular weight excluding hydrogens is 304 g/mol. The highest BCUT2D eigenvalue weighted by atomic mass is 16.4. The largest absolute Gasteiger partial charge is 0.453 e. The van der Waals surface area contributed by atoms with Crippen molar-refractivity contribution in [3.8, 4) is 0 Å². The van der Waals surface area contributed by atoms with E-state index in [9.17, 15) is 0 Å². The third kappa shape index (κ3) is 2.25. The van der Waals surface area contributed by atoms with E-state index in [1.54, 1.807) is 0 Å². The van der Waals surface area contributed by atoms with E-state index in [2.05, 4.69) is 0 Å². The van der Waals surface area contributed by atoms with Crippen LogP contribution in [0.25, 0.3) is 24.3 Å². The van der Waals surface area contributed by atoms with Gasteiger partial charge in [0.25, 0.3) is 0 Å².